The minimum Gasteiger partial charge on any atom is -0.378 e. The quantitative estimate of drug-likeness (QED) is 0.694. The molecule has 0 aliphatic carbocycles. The average molecular weight is 285 g/mol. The number of hydrogen-bond donors (Lipinski definition) is 2. The van der Waals surface area contributed by atoms with Crippen molar-refractivity contribution in [3.63, 3.8) is 0 Å². The summed E-state index contributed by atoms with van der Waals surface area (Å²) in [4.78, 5) is 14.5. The van der Waals surface area contributed by atoms with Gasteiger partial charge in [0.1, 0.15) is 6.04 Å². The monoisotopic (exact) mass is 285 g/mol. The molecular formula is C15H31N3O2. The number of hydrogen-bond acceptors (Lipinski definition) is 4. The van der Waals surface area contributed by atoms with Crippen LogP contribution in [0.3, 0.4) is 0 Å². The Kier molecular flexibility index (Phi) is 8.11. The van der Waals surface area contributed by atoms with Crippen molar-refractivity contribution in [2.24, 2.45) is 5.92 Å². The van der Waals surface area contributed by atoms with E-state index in [0.29, 0.717) is 25.2 Å². The summed E-state index contributed by atoms with van der Waals surface area (Å²) in [6.07, 6.45) is 1.11. The molecule has 0 saturated carbocycles. The van der Waals surface area contributed by atoms with Crippen LogP contribution in [-0.2, 0) is 9.53 Å². The van der Waals surface area contributed by atoms with E-state index in [0.717, 1.165) is 32.6 Å². The molecule has 0 aromatic carbocycles. The van der Waals surface area contributed by atoms with E-state index in [1.54, 1.807) is 0 Å². The van der Waals surface area contributed by atoms with Gasteiger partial charge in [0.25, 0.3) is 0 Å². The molecule has 5 nitrogen and oxygen atoms in total. The van der Waals surface area contributed by atoms with Gasteiger partial charge in [-0.2, -0.15) is 0 Å². The lowest BCUT2D eigenvalue weighted by Crippen LogP contribution is -2.53. The van der Waals surface area contributed by atoms with E-state index >= 15 is 0 Å². The van der Waals surface area contributed by atoms with Gasteiger partial charge in [0.15, 0.2) is 0 Å². The van der Waals surface area contributed by atoms with Crippen molar-refractivity contribution in [2.45, 2.75) is 46.2 Å². The van der Waals surface area contributed by atoms with Crippen molar-refractivity contribution in [3.05, 3.63) is 0 Å². The first-order valence-electron chi connectivity index (χ1n) is 7.91. The molecule has 1 rings (SSSR count). The zero-order valence-electron chi connectivity index (χ0n) is 13.4. The van der Waals surface area contributed by atoms with E-state index in [1.807, 2.05) is 0 Å². The topological polar surface area (TPSA) is 53.6 Å². The number of likely N-dealkylation sites (N-methyl/N-ethyl adjacent to an activating group) is 1. The van der Waals surface area contributed by atoms with Gasteiger partial charge in [0, 0.05) is 19.1 Å². The Bertz CT molecular complexity index is 274. The third kappa shape index (κ3) is 5.77. The van der Waals surface area contributed by atoms with Crippen LogP contribution in [0.25, 0.3) is 0 Å². The Balaban J connectivity index is 2.45. The minimum absolute atomic E-state index is 0.0608. The molecule has 118 valence electrons. The fourth-order valence-corrected chi connectivity index (χ4v) is 2.72. The van der Waals surface area contributed by atoms with Gasteiger partial charge in [-0.25, -0.2) is 0 Å². The SMILES string of the molecule is CCN(CC)C(CNC(=O)C1COCCN1)CC(C)C. The van der Waals surface area contributed by atoms with E-state index in [-0.39, 0.29) is 11.9 Å². The van der Waals surface area contributed by atoms with Crippen LogP contribution < -0.4 is 10.6 Å². The molecule has 20 heavy (non-hydrogen) atoms. The standard InChI is InChI=1S/C15H31N3O2/c1-5-18(6-2)13(9-12(3)4)10-17-15(19)14-11-20-8-7-16-14/h12-14,16H,5-11H2,1-4H3,(H,17,19). The zero-order valence-corrected chi connectivity index (χ0v) is 13.4. The molecule has 0 radical (unpaired) electrons. The Morgan fingerprint density at radius 2 is 2.10 bits per heavy atom. The third-order valence-electron chi connectivity index (χ3n) is 3.82. The maximum atomic E-state index is 12.1. The molecule has 1 amide bonds. The lowest BCUT2D eigenvalue weighted by Gasteiger charge is -2.32. The van der Waals surface area contributed by atoms with Crippen LogP contribution in [0.4, 0.5) is 0 Å². The molecule has 1 aliphatic heterocycles. The predicted molar refractivity (Wildman–Crippen MR) is 81.8 cm³/mol. The molecule has 0 aromatic heterocycles. The molecule has 0 spiro atoms. The molecule has 1 aliphatic rings. The fourth-order valence-electron chi connectivity index (χ4n) is 2.72. The molecule has 1 saturated heterocycles. The number of amides is 1. The lowest BCUT2D eigenvalue weighted by molar-refractivity contribution is -0.126. The van der Waals surface area contributed by atoms with Gasteiger partial charge >= 0.3 is 0 Å². The second-order valence-corrected chi connectivity index (χ2v) is 5.83. The number of nitrogens with one attached hydrogen (secondary N) is 2. The largest absolute Gasteiger partial charge is 0.378 e. The van der Waals surface area contributed by atoms with Crippen molar-refractivity contribution < 1.29 is 9.53 Å². The summed E-state index contributed by atoms with van der Waals surface area (Å²) in [5, 5.41) is 6.27. The van der Waals surface area contributed by atoms with Crippen LogP contribution in [0.15, 0.2) is 0 Å². The van der Waals surface area contributed by atoms with Crippen LogP contribution >= 0.6 is 0 Å². The number of carbonyl (C=O) groups is 1. The number of rotatable bonds is 8. The molecular weight excluding hydrogens is 254 g/mol. The third-order valence-corrected chi connectivity index (χ3v) is 3.82. The first kappa shape index (κ1) is 17.4. The van der Waals surface area contributed by atoms with Gasteiger partial charge in [-0.3, -0.25) is 9.69 Å². The first-order valence-corrected chi connectivity index (χ1v) is 7.91. The van der Waals surface area contributed by atoms with Crippen molar-refractivity contribution in [3.8, 4) is 0 Å². The second-order valence-electron chi connectivity index (χ2n) is 5.83. The summed E-state index contributed by atoms with van der Waals surface area (Å²) in [6, 6.07) is 0.221. The van der Waals surface area contributed by atoms with Crippen molar-refractivity contribution in [1.29, 1.82) is 0 Å². The van der Waals surface area contributed by atoms with E-state index in [2.05, 4.69) is 43.2 Å². The van der Waals surface area contributed by atoms with E-state index in [4.69, 9.17) is 4.74 Å². The predicted octanol–water partition coefficient (Wildman–Crippen LogP) is 0.848. The van der Waals surface area contributed by atoms with Gasteiger partial charge in [-0.1, -0.05) is 27.7 Å². The van der Waals surface area contributed by atoms with Gasteiger partial charge in [-0.05, 0) is 25.4 Å². The van der Waals surface area contributed by atoms with Crippen LogP contribution in [0.2, 0.25) is 0 Å². The highest BCUT2D eigenvalue weighted by Crippen LogP contribution is 2.11. The maximum absolute atomic E-state index is 12.1. The van der Waals surface area contributed by atoms with Crippen LogP contribution in [-0.4, -0.2) is 62.3 Å². The zero-order chi connectivity index (χ0) is 15.0. The molecule has 0 bridgehead atoms. The molecule has 5 heteroatoms. The molecule has 2 N–H and O–H groups in total. The van der Waals surface area contributed by atoms with Crippen molar-refractivity contribution >= 4 is 5.91 Å². The Labute approximate surface area is 123 Å². The highest BCUT2D eigenvalue weighted by atomic mass is 16.5. The molecule has 0 aromatic rings. The van der Waals surface area contributed by atoms with Crippen LogP contribution in [0, 0.1) is 5.92 Å². The molecule has 1 fully saturated rings. The number of nitrogens with zero attached hydrogens (tertiary/aromatic N) is 1. The average Bonchev–Trinajstić information content (AvgIpc) is 2.45. The Morgan fingerprint density at radius 1 is 1.40 bits per heavy atom. The van der Waals surface area contributed by atoms with Crippen molar-refractivity contribution in [2.75, 3.05) is 39.4 Å². The molecule has 1 heterocycles. The van der Waals surface area contributed by atoms with E-state index in [1.165, 1.54) is 0 Å². The van der Waals surface area contributed by atoms with Gasteiger partial charge in [0.05, 0.1) is 13.2 Å². The Morgan fingerprint density at radius 3 is 2.60 bits per heavy atom. The number of morpholine rings is 1. The maximum Gasteiger partial charge on any atom is 0.239 e. The normalized spacial score (nSPS) is 21.2. The summed E-state index contributed by atoms with van der Waals surface area (Å²) in [5.74, 6) is 0.694. The second kappa shape index (κ2) is 9.32. The highest BCUT2D eigenvalue weighted by Gasteiger charge is 2.23. The summed E-state index contributed by atoms with van der Waals surface area (Å²) < 4.78 is 5.33. The smallest absolute Gasteiger partial charge is 0.239 e. The highest BCUT2D eigenvalue weighted by molar-refractivity contribution is 5.82. The van der Waals surface area contributed by atoms with Crippen LogP contribution in [0.5, 0.6) is 0 Å². The van der Waals surface area contributed by atoms with Crippen LogP contribution in [0.1, 0.15) is 34.1 Å². The van der Waals surface area contributed by atoms with E-state index in [9.17, 15) is 4.79 Å². The Hall–Kier alpha value is -0.650. The molecule has 2 unspecified atom stereocenters. The molecule has 2 atom stereocenters. The summed E-state index contributed by atoms with van der Waals surface area (Å²) in [7, 11) is 0. The van der Waals surface area contributed by atoms with Crippen molar-refractivity contribution in [1.82, 2.24) is 15.5 Å². The van der Waals surface area contributed by atoms with Gasteiger partial charge in [0.2, 0.25) is 5.91 Å². The van der Waals surface area contributed by atoms with Gasteiger partial charge < -0.3 is 15.4 Å². The number of ether oxygens (including phenoxy) is 1. The lowest BCUT2D eigenvalue weighted by atomic mass is 10.0. The summed E-state index contributed by atoms with van der Waals surface area (Å²) in [6.45, 7) is 13.5. The fraction of sp³-hybridized carbons (Fsp3) is 0.933. The summed E-state index contributed by atoms with van der Waals surface area (Å²) in [5.41, 5.74) is 0. The minimum atomic E-state index is -0.194. The van der Waals surface area contributed by atoms with Gasteiger partial charge in [-0.15, -0.1) is 0 Å². The van der Waals surface area contributed by atoms with E-state index < -0.39 is 0 Å². The summed E-state index contributed by atoms with van der Waals surface area (Å²) >= 11 is 0. The first-order chi connectivity index (χ1) is 9.58. The number of carbonyl (C=O) groups excluding carboxylic acids is 1.